The molecule has 1 aromatic carbocycles. The van der Waals surface area contributed by atoms with E-state index in [1.54, 1.807) is 11.3 Å². The quantitative estimate of drug-likeness (QED) is 0.440. The molecule has 0 aliphatic carbocycles. The topological polar surface area (TPSA) is 37.3 Å². The predicted octanol–water partition coefficient (Wildman–Crippen LogP) is 4.97. The minimum absolute atomic E-state index is 0.870. The van der Waals surface area contributed by atoms with Crippen LogP contribution in [0.4, 0.5) is 5.13 Å². The summed E-state index contributed by atoms with van der Waals surface area (Å²) in [5, 5.41) is 5.11. The van der Waals surface area contributed by atoms with Crippen molar-refractivity contribution in [2.24, 2.45) is 5.10 Å². The van der Waals surface area contributed by atoms with Crippen LogP contribution in [0.3, 0.4) is 0 Å². The third-order valence-corrected chi connectivity index (χ3v) is 4.16. The summed E-state index contributed by atoms with van der Waals surface area (Å²) in [7, 11) is 0. The number of rotatable bonds is 7. The Morgan fingerprint density at radius 1 is 1.32 bits per heavy atom. The average molecular weight is 275 g/mol. The lowest BCUT2D eigenvalue weighted by Crippen LogP contribution is -1.88. The van der Waals surface area contributed by atoms with Crippen molar-refractivity contribution in [3.05, 3.63) is 23.8 Å². The molecule has 0 radical (unpaired) electrons. The summed E-state index contributed by atoms with van der Waals surface area (Å²) in [4.78, 5) is 4.51. The van der Waals surface area contributed by atoms with Crippen molar-refractivity contribution in [1.82, 2.24) is 4.98 Å². The minimum Gasteiger partial charge on any atom is -0.253 e. The molecular formula is C15H21N3S. The van der Waals surface area contributed by atoms with Crippen LogP contribution in [-0.2, 0) is 0 Å². The van der Waals surface area contributed by atoms with Crippen molar-refractivity contribution in [3.63, 3.8) is 0 Å². The van der Waals surface area contributed by atoms with Crippen molar-refractivity contribution in [3.8, 4) is 0 Å². The van der Waals surface area contributed by atoms with Crippen LogP contribution >= 0.6 is 11.3 Å². The average Bonchev–Trinajstić information content (AvgIpc) is 2.82. The Balaban J connectivity index is 1.84. The molecular weight excluding hydrogens is 254 g/mol. The molecule has 3 nitrogen and oxygen atoms in total. The van der Waals surface area contributed by atoms with E-state index in [0.29, 0.717) is 0 Å². The van der Waals surface area contributed by atoms with Gasteiger partial charge in [-0.2, -0.15) is 5.10 Å². The van der Waals surface area contributed by atoms with Gasteiger partial charge in [0, 0.05) is 6.21 Å². The van der Waals surface area contributed by atoms with Gasteiger partial charge in [0.05, 0.1) is 10.2 Å². The highest BCUT2D eigenvalue weighted by molar-refractivity contribution is 7.22. The number of hydrogen-bond donors (Lipinski definition) is 1. The molecule has 0 atom stereocenters. The number of aromatic nitrogens is 1. The SMILES string of the molecule is CCCCCC/C=N/Nc1nc2cccc(C)c2s1. The predicted molar refractivity (Wildman–Crippen MR) is 85.2 cm³/mol. The molecule has 1 heterocycles. The number of hydrogen-bond acceptors (Lipinski definition) is 4. The second-order valence-corrected chi connectivity index (χ2v) is 5.71. The van der Waals surface area contributed by atoms with Crippen LogP contribution in [0.25, 0.3) is 10.2 Å². The van der Waals surface area contributed by atoms with Crippen LogP contribution in [0, 0.1) is 6.92 Å². The van der Waals surface area contributed by atoms with Crippen molar-refractivity contribution in [2.45, 2.75) is 46.0 Å². The molecule has 0 saturated heterocycles. The molecule has 0 aliphatic heterocycles. The number of aryl methyl sites for hydroxylation is 1. The molecule has 0 bridgehead atoms. The van der Waals surface area contributed by atoms with Gasteiger partial charge < -0.3 is 0 Å². The summed E-state index contributed by atoms with van der Waals surface area (Å²) >= 11 is 1.66. The van der Waals surface area contributed by atoms with Gasteiger partial charge in [0.25, 0.3) is 0 Å². The van der Waals surface area contributed by atoms with Gasteiger partial charge in [-0.3, -0.25) is 5.43 Å². The molecule has 0 aliphatic rings. The maximum atomic E-state index is 4.51. The Labute approximate surface area is 118 Å². The van der Waals surface area contributed by atoms with Crippen LogP contribution in [0.2, 0.25) is 0 Å². The van der Waals surface area contributed by atoms with E-state index in [0.717, 1.165) is 17.1 Å². The van der Waals surface area contributed by atoms with E-state index >= 15 is 0 Å². The van der Waals surface area contributed by atoms with Crippen LogP contribution in [-0.4, -0.2) is 11.2 Å². The Kier molecular flexibility index (Phi) is 5.33. The van der Waals surface area contributed by atoms with E-state index in [1.807, 2.05) is 18.3 Å². The highest BCUT2D eigenvalue weighted by atomic mass is 32.1. The normalized spacial score (nSPS) is 11.5. The second-order valence-electron chi connectivity index (χ2n) is 4.71. The van der Waals surface area contributed by atoms with Gasteiger partial charge in [-0.1, -0.05) is 49.7 Å². The molecule has 4 heteroatoms. The number of nitrogens with one attached hydrogen (secondary N) is 1. The maximum absolute atomic E-state index is 4.51. The smallest absolute Gasteiger partial charge is 0.204 e. The lowest BCUT2D eigenvalue weighted by atomic mass is 10.2. The Morgan fingerprint density at radius 2 is 2.21 bits per heavy atom. The first-order valence-corrected chi connectivity index (χ1v) is 7.76. The van der Waals surface area contributed by atoms with Gasteiger partial charge in [-0.05, 0) is 31.4 Å². The third kappa shape index (κ3) is 4.03. The van der Waals surface area contributed by atoms with E-state index < -0.39 is 0 Å². The lowest BCUT2D eigenvalue weighted by Gasteiger charge is -1.94. The van der Waals surface area contributed by atoms with Crippen LogP contribution in [0.1, 0.15) is 44.6 Å². The summed E-state index contributed by atoms with van der Waals surface area (Å²) < 4.78 is 1.24. The molecule has 19 heavy (non-hydrogen) atoms. The zero-order chi connectivity index (χ0) is 13.5. The first-order chi connectivity index (χ1) is 9.31. The summed E-state index contributed by atoms with van der Waals surface area (Å²) in [6.07, 6.45) is 8.10. The summed E-state index contributed by atoms with van der Waals surface area (Å²) in [5.41, 5.74) is 5.35. The van der Waals surface area contributed by atoms with Gasteiger partial charge in [-0.15, -0.1) is 0 Å². The fourth-order valence-electron chi connectivity index (χ4n) is 1.96. The first-order valence-electron chi connectivity index (χ1n) is 6.95. The van der Waals surface area contributed by atoms with E-state index in [9.17, 15) is 0 Å². The van der Waals surface area contributed by atoms with Crippen molar-refractivity contribution in [1.29, 1.82) is 0 Å². The van der Waals surface area contributed by atoms with Crippen molar-refractivity contribution >= 4 is 32.9 Å². The molecule has 0 saturated carbocycles. The number of benzene rings is 1. The molecule has 0 amide bonds. The number of thiazole rings is 1. The van der Waals surface area contributed by atoms with E-state index in [1.165, 1.54) is 35.9 Å². The molecule has 1 aromatic heterocycles. The van der Waals surface area contributed by atoms with Gasteiger partial charge in [-0.25, -0.2) is 4.98 Å². The number of hydrazone groups is 1. The molecule has 1 N–H and O–H groups in total. The zero-order valence-electron chi connectivity index (χ0n) is 11.6. The number of fused-ring (bicyclic) bond motifs is 1. The fraction of sp³-hybridized carbons (Fsp3) is 0.467. The molecule has 2 aromatic rings. The Morgan fingerprint density at radius 3 is 3.00 bits per heavy atom. The van der Waals surface area contributed by atoms with Crippen LogP contribution in [0.15, 0.2) is 23.3 Å². The Bertz CT molecular complexity index is 545. The zero-order valence-corrected chi connectivity index (χ0v) is 12.5. The fourth-order valence-corrected chi connectivity index (χ4v) is 2.85. The largest absolute Gasteiger partial charge is 0.253 e. The third-order valence-electron chi connectivity index (χ3n) is 3.05. The van der Waals surface area contributed by atoms with E-state index in [-0.39, 0.29) is 0 Å². The number of anilines is 1. The van der Waals surface area contributed by atoms with E-state index in [4.69, 9.17) is 0 Å². The number of nitrogens with zero attached hydrogens (tertiary/aromatic N) is 2. The highest BCUT2D eigenvalue weighted by Gasteiger charge is 2.03. The van der Waals surface area contributed by atoms with Gasteiger partial charge >= 0.3 is 0 Å². The Hall–Kier alpha value is -1.42. The lowest BCUT2D eigenvalue weighted by molar-refractivity contribution is 0.685. The second kappa shape index (κ2) is 7.24. The van der Waals surface area contributed by atoms with Gasteiger partial charge in [0.2, 0.25) is 5.13 Å². The highest BCUT2D eigenvalue weighted by Crippen LogP contribution is 2.28. The standard InChI is InChI=1S/C15H21N3S/c1-3-4-5-6-7-11-16-18-15-17-13-10-8-9-12(2)14(13)19-15/h8-11H,3-7H2,1-2H3,(H,17,18)/b16-11+. The molecule has 102 valence electrons. The maximum Gasteiger partial charge on any atom is 0.204 e. The van der Waals surface area contributed by atoms with Crippen molar-refractivity contribution in [2.75, 3.05) is 5.43 Å². The van der Waals surface area contributed by atoms with Gasteiger partial charge in [0.1, 0.15) is 0 Å². The summed E-state index contributed by atoms with van der Waals surface area (Å²) in [6, 6.07) is 6.19. The molecule has 0 fully saturated rings. The van der Waals surface area contributed by atoms with Gasteiger partial charge in [0.15, 0.2) is 0 Å². The summed E-state index contributed by atoms with van der Waals surface area (Å²) in [6.45, 7) is 4.34. The van der Waals surface area contributed by atoms with Crippen LogP contribution in [0.5, 0.6) is 0 Å². The van der Waals surface area contributed by atoms with Crippen molar-refractivity contribution < 1.29 is 0 Å². The van der Waals surface area contributed by atoms with E-state index in [2.05, 4.69) is 35.4 Å². The number of unbranched alkanes of at least 4 members (excludes halogenated alkanes) is 4. The first kappa shape index (κ1) is 14.0. The molecule has 0 spiro atoms. The summed E-state index contributed by atoms with van der Waals surface area (Å²) in [5.74, 6) is 0. The monoisotopic (exact) mass is 275 g/mol. The molecule has 0 unspecified atom stereocenters. The molecule has 2 rings (SSSR count). The van der Waals surface area contributed by atoms with Crippen LogP contribution < -0.4 is 5.43 Å². The minimum atomic E-state index is 0.870.